The van der Waals surface area contributed by atoms with Gasteiger partial charge in [-0.1, -0.05) is 48.0 Å². The number of anilines is 2. The van der Waals surface area contributed by atoms with Crippen molar-refractivity contribution in [3.63, 3.8) is 0 Å². The van der Waals surface area contributed by atoms with Crippen molar-refractivity contribution < 1.29 is 18.0 Å². The number of carbonyl (C=O) groups excluding carboxylic acids is 2. The Bertz CT molecular complexity index is 1620. The first-order valence-electron chi connectivity index (χ1n) is 12.4. The summed E-state index contributed by atoms with van der Waals surface area (Å²) < 4.78 is 27.8. The molecule has 0 bridgehead atoms. The summed E-state index contributed by atoms with van der Waals surface area (Å²) in [5, 5.41) is 3.28. The molecule has 0 unspecified atom stereocenters. The lowest BCUT2D eigenvalue weighted by atomic mass is 10.0. The Hall–Kier alpha value is -3.70. The van der Waals surface area contributed by atoms with Crippen LogP contribution in [0.2, 0.25) is 0 Å². The predicted octanol–water partition coefficient (Wildman–Crippen LogP) is 5.19. The molecule has 0 saturated heterocycles. The van der Waals surface area contributed by atoms with Gasteiger partial charge in [-0.05, 0) is 60.9 Å². The molecule has 0 aliphatic carbocycles. The third kappa shape index (κ3) is 6.53. The Balaban J connectivity index is 0.00000370. The molecule has 1 aromatic heterocycles. The number of fused-ring (bicyclic) bond motifs is 1. The maximum atomic E-state index is 13.1. The minimum absolute atomic E-state index is 0. The zero-order valence-electron chi connectivity index (χ0n) is 21.7. The number of thiophene rings is 1. The second-order valence-corrected chi connectivity index (χ2v) is 12.3. The number of halogens is 1. The lowest BCUT2D eigenvalue weighted by Gasteiger charge is -2.27. The summed E-state index contributed by atoms with van der Waals surface area (Å²) in [6.07, 6.45) is 0.669. The smallest absolute Gasteiger partial charge is 0.261 e. The molecule has 4 aromatic rings. The van der Waals surface area contributed by atoms with Crippen LogP contribution in [0.1, 0.15) is 42.3 Å². The highest BCUT2D eigenvalue weighted by Crippen LogP contribution is 2.37. The molecule has 0 radical (unpaired) electrons. The molecule has 4 N–H and O–H groups in total. The van der Waals surface area contributed by atoms with Gasteiger partial charge < -0.3 is 11.1 Å². The summed E-state index contributed by atoms with van der Waals surface area (Å²) in [5.74, 6) is -0.981. The third-order valence-electron chi connectivity index (χ3n) is 6.59. The number of aryl methyl sites for hydroxylation is 1. The number of rotatable bonds is 8. The van der Waals surface area contributed by atoms with Gasteiger partial charge in [0.05, 0.1) is 10.5 Å². The average molecular weight is 597 g/mol. The zero-order chi connectivity index (χ0) is 27.6. The topological polar surface area (TPSA) is 122 Å². The van der Waals surface area contributed by atoms with E-state index in [1.54, 1.807) is 12.1 Å². The highest BCUT2D eigenvalue weighted by atomic mass is 35.5. The minimum Gasteiger partial charge on any atom is -0.365 e. The van der Waals surface area contributed by atoms with Crippen molar-refractivity contribution in [2.45, 2.75) is 31.3 Å². The Kier molecular flexibility index (Phi) is 8.95. The van der Waals surface area contributed by atoms with E-state index in [1.165, 1.54) is 53.3 Å². The molecule has 40 heavy (non-hydrogen) atoms. The predicted molar refractivity (Wildman–Crippen MR) is 161 cm³/mol. The van der Waals surface area contributed by atoms with Crippen molar-refractivity contribution in [3.8, 4) is 0 Å². The van der Waals surface area contributed by atoms with E-state index in [2.05, 4.69) is 27.1 Å². The monoisotopic (exact) mass is 596 g/mol. The summed E-state index contributed by atoms with van der Waals surface area (Å²) in [5.41, 5.74) is 9.81. The lowest BCUT2D eigenvalue weighted by Crippen LogP contribution is -2.30. The number of nitrogens with one attached hydrogen (secondary N) is 2. The highest BCUT2D eigenvalue weighted by molar-refractivity contribution is 7.92. The molecule has 8 nitrogen and oxygen atoms in total. The summed E-state index contributed by atoms with van der Waals surface area (Å²) in [6, 6.07) is 22.8. The molecule has 2 heterocycles. The number of nitrogens with two attached hydrogens (primary N) is 1. The molecule has 0 fully saturated rings. The molecule has 1 aliphatic rings. The molecular weight excluding hydrogens is 568 g/mol. The third-order valence-corrected chi connectivity index (χ3v) is 9.12. The van der Waals surface area contributed by atoms with E-state index in [4.69, 9.17) is 5.73 Å². The van der Waals surface area contributed by atoms with E-state index in [0.717, 1.165) is 29.1 Å². The van der Waals surface area contributed by atoms with E-state index in [0.29, 0.717) is 34.8 Å². The van der Waals surface area contributed by atoms with Crippen molar-refractivity contribution in [2.24, 2.45) is 5.73 Å². The number of primary amides is 1. The van der Waals surface area contributed by atoms with Crippen LogP contribution in [-0.4, -0.2) is 31.7 Å². The van der Waals surface area contributed by atoms with E-state index in [1.807, 2.05) is 25.1 Å². The zero-order valence-corrected chi connectivity index (χ0v) is 24.2. The van der Waals surface area contributed by atoms with Gasteiger partial charge in [-0.15, -0.1) is 23.7 Å². The second kappa shape index (κ2) is 12.2. The molecule has 3 aromatic carbocycles. The molecule has 1 aliphatic heterocycles. The van der Waals surface area contributed by atoms with E-state index in [9.17, 15) is 18.0 Å². The van der Waals surface area contributed by atoms with E-state index < -0.39 is 21.8 Å². The van der Waals surface area contributed by atoms with Crippen LogP contribution in [0, 0.1) is 6.92 Å². The van der Waals surface area contributed by atoms with Crippen molar-refractivity contribution in [2.75, 3.05) is 16.6 Å². The summed E-state index contributed by atoms with van der Waals surface area (Å²) in [7, 11) is -3.76. The fourth-order valence-electron chi connectivity index (χ4n) is 4.58. The average Bonchev–Trinajstić information content (AvgIpc) is 3.27. The highest BCUT2D eigenvalue weighted by Gasteiger charge is 2.28. The van der Waals surface area contributed by atoms with Gasteiger partial charge in [-0.2, -0.15) is 0 Å². The molecule has 5 rings (SSSR count). The van der Waals surface area contributed by atoms with Gasteiger partial charge in [0.2, 0.25) is 0 Å². The van der Waals surface area contributed by atoms with Gasteiger partial charge in [0.15, 0.2) is 0 Å². The molecule has 208 valence electrons. The number of amides is 2. The number of carbonyl (C=O) groups is 2. The van der Waals surface area contributed by atoms with Crippen LogP contribution in [0.25, 0.3) is 0 Å². The first-order chi connectivity index (χ1) is 18.7. The fraction of sp³-hybridized carbons (Fsp3) is 0.172. The molecule has 11 heteroatoms. The molecular formula is C29H29ClN4O4S2. The Labute approximate surface area is 243 Å². The summed E-state index contributed by atoms with van der Waals surface area (Å²) in [4.78, 5) is 28.9. The minimum atomic E-state index is -3.76. The largest absolute Gasteiger partial charge is 0.365 e. The summed E-state index contributed by atoms with van der Waals surface area (Å²) in [6.45, 7) is 4.13. The van der Waals surface area contributed by atoms with Crippen LogP contribution in [0.4, 0.5) is 10.7 Å². The van der Waals surface area contributed by atoms with Gasteiger partial charge in [-0.25, -0.2) is 8.42 Å². The van der Waals surface area contributed by atoms with Crippen molar-refractivity contribution >= 4 is 56.3 Å². The lowest BCUT2D eigenvalue weighted by molar-refractivity contribution is 0.0999. The van der Waals surface area contributed by atoms with E-state index in [-0.39, 0.29) is 17.3 Å². The Morgan fingerprint density at radius 2 is 1.65 bits per heavy atom. The Morgan fingerprint density at radius 3 is 2.30 bits per heavy atom. The standard InChI is InChI=1S/C29H28N4O4S2.ClH/c1-19-7-13-23(14-8-19)39(36,37)32-22-11-9-21(10-12-22)28(35)31-29-26(27(30)34)24-15-16-33(18-25(24)38-29)17-20-5-3-2-4-6-20;/h2-14,32H,15-18H2,1H3,(H2,30,34)(H,31,35);1H. The van der Waals surface area contributed by atoms with Crippen LogP contribution >= 0.6 is 23.7 Å². The molecule has 0 atom stereocenters. The SMILES string of the molecule is Cc1ccc(S(=O)(=O)Nc2ccc(C(=O)Nc3sc4c(c3C(N)=O)CCN(Cc3ccccc3)C4)cc2)cc1.Cl. The number of hydrogen-bond donors (Lipinski definition) is 3. The first kappa shape index (κ1) is 29.3. The molecule has 0 spiro atoms. The van der Waals surface area contributed by atoms with Crippen LogP contribution in [0.5, 0.6) is 0 Å². The second-order valence-electron chi connectivity index (χ2n) is 9.47. The quantitative estimate of drug-likeness (QED) is 0.258. The van der Waals surface area contributed by atoms with E-state index >= 15 is 0 Å². The maximum Gasteiger partial charge on any atom is 0.261 e. The number of sulfonamides is 1. The number of benzene rings is 3. The van der Waals surface area contributed by atoms with Crippen LogP contribution in [0.15, 0.2) is 83.8 Å². The van der Waals surface area contributed by atoms with Gasteiger partial charge in [0.1, 0.15) is 5.00 Å². The van der Waals surface area contributed by atoms with Crippen molar-refractivity contribution in [1.82, 2.24) is 4.90 Å². The fourth-order valence-corrected chi connectivity index (χ4v) is 6.93. The van der Waals surface area contributed by atoms with Crippen LogP contribution in [0.3, 0.4) is 0 Å². The van der Waals surface area contributed by atoms with Gasteiger partial charge in [0, 0.05) is 35.8 Å². The first-order valence-corrected chi connectivity index (χ1v) is 14.7. The van der Waals surface area contributed by atoms with Crippen LogP contribution in [-0.2, 0) is 29.5 Å². The van der Waals surface area contributed by atoms with Gasteiger partial charge in [-0.3, -0.25) is 19.2 Å². The van der Waals surface area contributed by atoms with Gasteiger partial charge in [0.25, 0.3) is 21.8 Å². The maximum absolute atomic E-state index is 13.1. The van der Waals surface area contributed by atoms with Crippen LogP contribution < -0.4 is 15.8 Å². The normalized spacial score (nSPS) is 13.1. The van der Waals surface area contributed by atoms with Crippen molar-refractivity contribution in [3.05, 3.63) is 112 Å². The van der Waals surface area contributed by atoms with Gasteiger partial charge >= 0.3 is 0 Å². The van der Waals surface area contributed by atoms with Crippen molar-refractivity contribution in [1.29, 1.82) is 0 Å². The summed E-state index contributed by atoms with van der Waals surface area (Å²) >= 11 is 1.37. The number of hydrogen-bond acceptors (Lipinski definition) is 6. The Morgan fingerprint density at radius 1 is 0.975 bits per heavy atom. The molecule has 0 saturated carbocycles. The molecule has 2 amide bonds. The number of nitrogens with zero attached hydrogens (tertiary/aromatic N) is 1.